The lowest BCUT2D eigenvalue weighted by molar-refractivity contribution is -0.134. The highest BCUT2D eigenvalue weighted by atomic mass is 16.5. The molecular weight excluding hydrogens is 482 g/mol. The van der Waals surface area contributed by atoms with Crippen LogP contribution in [0.2, 0.25) is 0 Å². The van der Waals surface area contributed by atoms with Crippen LogP contribution in [0.15, 0.2) is 77.4 Å². The van der Waals surface area contributed by atoms with Crippen molar-refractivity contribution in [3.8, 4) is 23.3 Å². The standard InChI is InChI=1S/C28H27N7O3/c1-18(2)14-19(15-29)27(36)33-13-12-21(33)16-34-26-24(25(30)31-17-32-26)35(28(34)37)20-8-10-23(11-9-20)38-22-6-4-3-5-7-22/h3-11,14,17-18,21H,12-13,16H2,1-2H3,(H2,30,31,32)/b19-14-/t21-/m0/s1. The van der Waals surface area contributed by atoms with Gasteiger partial charge in [0, 0.05) is 13.1 Å². The van der Waals surface area contributed by atoms with Gasteiger partial charge in [0.15, 0.2) is 11.5 Å². The average molecular weight is 510 g/mol. The Morgan fingerprint density at radius 2 is 1.87 bits per heavy atom. The number of carbonyl (C=O) groups is 1. The molecule has 0 radical (unpaired) electrons. The van der Waals surface area contributed by atoms with Crippen LogP contribution < -0.4 is 16.2 Å². The van der Waals surface area contributed by atoms with Crippen LogP contribution in [0.25, 0.3) is 16.9 Å². The zero-order valence-electron chi connectivity index (χ0n) is 21.1. The summed E-state index contributed by atoms with van der Waals surface area (Å²) in [5.41, 5.74) is 7.33. The van der Waals surface area contributed by atoms with E-state index in [2.05, 4.69) is 9.97 Å². The van der Waals surface area contributed by atoms with Gasteiger partial charge in [-0.1, -0.05) is 38.1 Å². The molecule has 4 aromatic rings. The Balaban J connectivity index is 1.47. The Hall–Kier alpha value is -4.91. The topological polar surface area (TPSA) is 132 Å². The first-order valence-corrected chi connectivity index (χ1v) is 12.3. The first-order chi connectivity index (χ1) is 18.4. The van der Waals surface area contributed by atoms with Crippen LogP contribution >= 0.6 is 0 Å². The Morgan fingerprint density at radius 1 is 1.16 bits per heavy atom. The summed E-state index contributed by atoms with van der Waals surface area (Å²) in [6.07, 6.45) is 3.68. The van der Waals surface area contributed by atoms with E-state index >= 15 is 0 Å². The number of aromatic nitrogens is 4. The second-order valence-corrected chi connectivity index (χ2v) is 9.45. The second-order valence-electron chi connectivity index (χ2n) is 9.45. The summed E-state index contributed by atoms with van der Waals surface area (Å²) in [6, 6.07) is 18.2. The van der Waals surface area contributed by atoms with Crippen LogP contribution in [0.3, 0.4) is 0 Å². The number of benzene rings is 2. The first kappa shape index (κ1) is 24.8. The maximum atomic E-state index is 13.7. The number of para-hydroxylation sites is 1. The number of nitriles is 1. The number of nitrogens with two attached hydrogens (primary N) is 1. The molecule has 1 atom stereocenters. The monoisotopic (exact) mass is 509 g/mol. The minimum atomic E-state index is -0.346. The van der Waals surface area contributed by atoms with Crippen molar-refractivity contribution in [3.05, 3.63) is 83.1 Å². The molecule has 10 nitrogen and oxygen atoms in total. The van der Waals surface area contributed by atoms with E-state index in [1.54, 1.807) is 35.2 Å². The highest BCUT2D eigenvalue weighted by Gasteiger charge is 2.35. The fourth-order valence-corrected chi connectivity index (χ4v) is 4.55. The van der Waals surface area contributed by atoms with Crippen LogP contribution in [0.1, 0.15) is 20.3 Å². The number of likely N-dealkylation sites (tertiary alicyclic amines) is 1. The number of imidazole rings is 1. The Labute approximate surface area is 219 Å². The molecule has 0 unspecified atom stereocenters. The molecule has 1 saturated heterocycles. The number of nitrogen functional groups attached to an aromatic ring is 1. The van der Waals surface area contributed by atoms with Gasteiger partial charge in [-0.05, 0) is 48.7 Å². The van der Waals surface area contributed by atoms with Gasteiger partial charge in [-0.15, -0.1) is 0 Å². The molecule has 0 saturated carbocycles. The van der Waals surface area contributed by atoms with Gasteiger partial charge in [0.2, 0.25) is 0 Å². The summed E-state index contributed by atoms with van der Waals surface area (Å²) in [6.45, 7) is 4.57. The number of ether oxygens (including phenoxy) is 1. The van der Waals surface area contributed by atoms with E-state index in [4.69, 9.17) is 10.5 Å². The number of amides is 1. The number of hydrogen-bond acceptors (Lipinski definition) is 7. The second kappa shape index (κ2) is 10.2. The van der Waals surface area contributed by atoms with Crippen molar-refractivity contribution in [2.75, 3.05) is 12.3 Å². The zero-order chi connectivity index (χ0) is 26.8. The number of anilines is 1. The van der Waals surface area contributed by atoms with E-state index in [0.29, 0.717) is 41.3 Å². The summed E-state index contributed by atoms with van der Waals surface area (Å²) >= 11 is 0. The van der Waals surface area contributed by atoms with Gasteiger partial charge in [-0.25, -0.2) is 14.8 Å². The van der Waals surface area contributed by atoms with Gasteiger partial charge in [-0.3, -0.25) is 13.9 Å². The van der Waals surface area contributed by atoms with Crippen LogP contribution in [-0.2, 0) is 11.3 Å². The van der Waals surface area contributed by atoms with Crippen molar-refractivity contribution in [3.63, 3.8) is 0 Å². The third-order valence-corrected chi connectivity index (χ3v) is 6.46. The number of allylic oxidation sites excluding steroid dienone is 1. The van der Waals surface area contributed by atoms with Gasteiger partial charge >= 0.3 is 5.69 Å². The zero-order valence-corrected chi connectivity index (χ0v) is 21.1. The van der Waals surface area contributed by atoms with Gasteiger partial charge in [0.05, 0.1) is 11.7 Å². The molecule has 2 aromatic carbocycles. The van der Waals surface area contributed by atoms with Crippen molar-refractivity contribution in [2.24, 2.45) is 5.92 Å². The number of hydrogen-bond donors (Lipinski definition) is 1. The normalized spacial score (nSPS) is 15.4. The van der Waals surface area contributed by atoms with E-state index < -0.39 is 0 Å². The Bertz CT molecular complexity index is 1610. The lowest BCUT2D eigenvalue weighted by Crippen LogP contribution is -2.54. The molecule has 1 fully saturated rings. The van der Waals surface area contributed by atoms with Crippen LogP contribution in [0.5, 0.6) is 11.5 Å². The molecule has 1 aliphatic rings. The minimum Gasteiger partial charge on any atom is -0.457 e. The molecule has 3 heterocycles. The Morgan fingerprint density at radius 3 is 2.50 bits per heavy atom. The molecule has 10 heteroatoms. The van der Waals surface area contributed by atoms with Crippen molar-refractivity contribution < 1.29 is 9.53 Å². The highest BCUT2D eigenvalue weighted by molar-refractivity contribution is 5.98. The molecule has 38 heavy (non-hydrogen) atoms. The summed E-state index contributed by atoms with van der Waals surface area (Å²) in [7, 11) is 0. The molecule has 0 spiro atoms. The summed E-state index contributed by atoms with van der Waals surface area (Å²) < 4.78 is 8.86. The van der Waals surface area contributed by atoms with Gasteiger partial charge in [0.25, 0.3) is 5.91 Å². The van der Waals surface area contributed by atoms with E-state index in [1.165, 1.54) is 15.5 Å². The molecule has 2 aromatic heterocycles. The number of carbonyl (C=O) groups excluding carboxylic acids is 1. The number of rotatable bonds is 7. The largest absolute Gasteiger partial charge is 0.457 e. The summed E-state index contributed by atoms with van der Waals surface area (Å²) in [5, 5.41) is 9.47. The maximum absolute atomic E-state index is 13.7. The Kier molecular flexibility index (Phi) is 6.66. The van der Waals surface area contributed by atoms with Gasteiger partial charge < -0.3 is 15.4 Å². The molecule has 2 N–H and O–H groups in total. The van der Waals surface area contributed by atoms with E-state index in [9.17, 15) is 14.9 Å². The number of fused-ring (bicyclic) bond motifs is 1. The van der Waals surface area contributed by atoms with Crippen molar-refractivity contribution >= 4 is 22.9 Å². The SMILES string of the molecule is CC(C)/C=C(/C#N)C(=O)N1CC[C@H]1Cn1c(=O)n(-c2ccc(Oc3ccccc3)cc2)c2c(N)ncnc21. The predicted octanol–water partition coefficient (Wildman–Crippen LogP) is 3.66. The van der Waals surface area contributed by atoms with Gasteiger partial charge in [-0.2, -0.15) is 5.26 Å². The van der Waals surface area contributed by atoms with E-state index in [0.717, 1.165) is 0 Å². The quantitative estimate of drug-likeness (QED) is 0.297. The fourth-order valence-electron chi connectivity index (χ4n) is 4.55. The molecule has 1 amide bonds. The smallest absolute Gasteiger partial charge is 0.335 e. The van der Waals surface area contributed by atoms with Crippen LogP contribution in [-0.4, -0.2) is 42.5 Å². The third kappa shape index (κ3) is 4.62. The van der Waals surface area contributed by atoms with Crippen molar-refractivity contribution in [1.29, 1.82) is 5.26 Å². The summed E-state index contributed by atoms with van der Waals surface area (Å²) in [4.78, 5) is 36.8. The van der Waals surface area contributed by atoms with Crippen LogP contribution in [0, 0.1) is 17.2 Å². The van der Waals surface area contributed by atoms with Crippen LogP contribution in [0.4, 0.5) is 5.82 Å². The fraction of sp³-hybridized carbons (Fsp3) is 0.250. The maximum Gasteiger partial charge on any atom is 0.335 e. The van der Waals surface area contributed by atoms with Crippen molar-refractivity contribution in [1.82, 2.24) is 24.0 Å². The minimum absolute atomic E-state index is 0.0677. The average Bonchev–Trinajstić information content (AvgIpc) is 3.18. The number of nitrogens with zero attached hydrogens (tertiary/aromatic N) is 6. The first-order valence-electron chi connectivity index (χ1n) is 12.3. The molecule has 192 valence electrons. The van der Waals surface area contributed by atoms with Crippen molar-refractivity contribution in [2.45, 2.75) is 32.9 Å². The predicted molar refractivity (Wildman–Crippen MR) is 143 cm³/mol. The lowest BCUT2D eigenvalue weighted by Gasteiger charge is -2.41. The molecule has 1 aliphatic heterocycles. The lowest BCUT2D eigenvalue weighted by atomic mass is 10.00. The highest BCUT2D eigenvalue weighted by Crippen LogP contribution is 2.27. The molecule has 0 bridgehead atoms. The van der Waals surface area contributed by atoms with E-state index in [-0.39, 0.29) is 41.5 Å². The molecule has 5 rings (SSSR count). The molecule has 0 aliphatic carbocycles. The summed E-state index contributed by atoms with van der Waals surface area (Å²) in [5.74, 6) is 1.24. The molecular formula is C28H27N7O3. The van der Waals surface area contributed by atoms with E-state index in [1.807, 2.05) is 50.2 Å². The van der Waals surface area contributed by atoms with Gasteiger partial charge in [0.1, 0.15) is 35.0 Å². The third-order valence-electron chi connectivity index (χ3n) is 6.46.